The molecule has 4 nitrogen and oxygen atoms in total. The first-order chi connectivity index (χ1) is 10.3. The van der Waals surface area contributed by atoms with Crippen LogP contribution in [-0.2, 0) is 13.1 Å². The maximum atomic E-state index is 6.02. The van der Waals surface area contributed by atoms with Crippen molar-refractivity contribution in [2.75, 3.05) is 0 Å². The maximum Gasteiger partial charge on any atom is 0.134 e. The first-order valence-corrected chi connectivity index (χ1v) is 7.58. The molecule has 1 fully saturated rings. The summed E-state index contributed by atoms with van der Waals surface area (Å²) in [5, 5.41) is 9.62. The van der Waals surface area contributed by atoms with Crippen molar-refractivity contribution in [1.82, 2.24) is 15.1 Å². The van der Waals surface area contributed by atoms with Gasteiger partial charge in [-0.2, -0.15) is 5.10 Å². The summed E-state index contributed by atoms with van der Waals surface area (Å²) in [6.45, 7) is 1.44. The number of rotatable bonds is 5. The van der Waals surface area contributed by atoms with Crippen molar-refractivity contribution in [3.8, 4) is 0 Å². The van der Waals surface area contributed by atoms with Gasteiger partial charge in [0.05, 0.1) is 17.8 Å². The number of nitrogens with zero attached hydrogens (tertiary/aromatic N) is 2. The molecule has 1 aliphatic rings. The van der Waals surface area contributed by atoms with E-state index in [1.54, 1.807) is 10.9 Å². The van der Waals surface area contributed by atoms with Crippen molar-refractivity contribution in [2.24, 2.45) is 0 Å². The molecule has 0 spiro atoms. The van der Waals surface area contributed by atoms with Crippen molar-refractivity contribution in [2.45, 2.75) is 32.0 Å². The van der Waals surface area contributed by atoms with Gasteiger partial charge in [0, 0.05) is 29.7 Å². The van der Waals surface area contributed by atoms with E-state index in [4.69, 9.17) is 16.0 Å². The van der Waals surface area contributed by atoms with Crippen molar-refractivity contribution in [3.05, 3.63) is 53.0 Å². The van der Waals surface area contributed by atoms with E-state index in [1.165, 1.54) is 23.8 Å². The molecule has 21 heavy (non-hydrogen) atoms. The van der Waals surface area contributed by atoms with E-state index in [0.717, 1.165) is 17.9 Å². The number of aromatic nitrogens is 2. The van der Waals surface area contributed by atoms with Crippen LogP contribution in [0.2, 0.25) is 5.02 Å². The van der Waals surface area contributed by atoms with Gasteiger partial charge < -0.3 is 9.73 Å². The highest BCUT2D eigenvalue weighted by atomic mass is 35.5. The van der Waals surface area contributed by atoms with Crippen LogP contribution in [0, 0.1) is 0 Å². The fourth-order valence-corrected chi connectivity index (χ4v) is 2.73. The third kappa shape index (κ3) is 2.69. The number of hydrogen-bond acceptors (Lipinski definition) is 3. The molecule has 0 atom stereocenters. The summed E-state index contributed by atoms with van der Waals surface area (Å²) in [6.07, 6.45) is 6.01. The topological polar surface area (TPSA) is 43.0 Å². The Balaban J connectivity index is 1.69. The minimum Gasteiger partial charge on any atom is -0.459 e. The molecule has 0 radical (unpaired) electrons. The Kier molecular flexibility index (Phi) is 3.20. The van der Waals surface area contributed by atoms with Gasteiger partial charge in [0.15, 0.2) is 0 Å². The van der Waals surface area contributed by atoms with Gasteiger partial charge in [0.2, 0.25) is 0 Å². The third-order valence-corrected chi connectivity index (χ3v) is 4.03. The van der Waals surface area contributed by atoms with Crippen molar-refractivity contribution >= 4 is 22.6 Å². The Labute approximate surface area is 127 Å². The van der Waals surface area contributed by atoms with Gasteiger partial charge in [-0.15, -0.1) is 0 Å². The van der Waals surface area contributed by atoms with Crippen LogP contribution in [0.15, 0.2) is 41.1 Å². The number of hydrogen-bond donors (Lipinski definition) is 1. The molecule has 0 bridgehead atoms. The molecule has 1 saturated carbocycles. The van der Waals surface area contributed by atoms with Gasteiger partial charge in [-0.05, 0) is 18.9 Å². The lowest BCUT2D eigenvalue weighted by atomic mass is 10.1. The molecule has 1 N–H and O–H groups in total. The van der Waals surface area contributed by atoms with Crippen LogP contribution >= 0.6 is 11.6 Å². The van der Waals surface area contributed by atoms with Gasteiger partial charge in [-0.1, -0.05) is 29.8 Å². The van der Waals surface area contributed by atoms with Gasteiger partial charge >= 0.3 is 0 Å². The van der Waals surface area contributed by atoms with Gasteiger partial charge in [0.25, 0.3) is 0 Å². The van der Waals surface area contributed by atoms with Gasteiger partial charge in [-0.25, -0.2) is 0 Å². The normalized spacial score (nSPS) is 14.9. The second-order valence-electron chi connectivity index (χ2n) is 5.51. The largest absolute Gasteiger partial charge is 0.459 e. The molecule has 0 unspecified atom stereocenters. The number of para-hydroxylation sites is 1. The van der Waals surface area contributed by atoms with E-state index in [1.807, 2.05) is 24.4 Å². The molecule has 0 saturated heterocycles. The van der Waals surface area contributed by atoms with Gasteiger partial charge in [0.1, 0.15) is 11.3 Å². The Morgan fingerprint density at radius 2 is 2.19 bits per heavy atom. The van der Waals surface area contributed by atoms with Crippen LogP contribution in [0.3, 0.4) is 0 Å². The summed E-state index contributed by atoms with van der Waals surface area (Å²) < 4.78 is 7.83. The van der Waals surface area contributed by atoms with Crippen LogP contribution in [0.1, 0.15) is 24.2 Å². The zero-order chi connectivity index (χ0) is 14.2. The molecule has 4 rings (SSSR count). The first kappa shape index (κ1) is 12.9. The molecular weight excluding hydrogens is 286 g/mol. The highest BCUT2D eigenvalue weighted by Crippen LogP contribution is 2.28. The summed E-state index contributed by atoms with van der Waals surface area (Å²) >= 11 is 5.93. The molecule has 3 aromatic rings. The standard InChI is InChI=1S/C16H16ClN3O/c17-11-7-19-20(9-11)10-16-14(8-18-12-5-6-12)13-3-1-2-4-15(13)21-16/h1-4,7,9,12,18H,5-6,8,10H2. The smallest absolute Gasteiger partial charge is 0.134 e. The molecule has 1 aromatic carbocycles. The number of halogens is 1. The molecule has 5 heteroatoms. The number of benzene rings is 1. The van der Waals surface area contributed by atoms with E-state index in [-0.39, 0.29) is 0 Å². The Hall–Kier alpha value is -1.78. The lowest BCUT2D eigenvalue weighted by Gasteiger charge is -2.05. The Bertz CT molecular complexity index is 773. The van der Waals surface area contributed by atoms with Crippen molar-refractivity contribution < 1.29 is 4.42 Å². The summed E-state index contributed by atoms with van der Waals surface area (Å²) in [5.74, 6) is 0.948. The lowest BCUT2D eigenvalue weighted by Crippen LogP contribution is -2.16. The summed E-state index contributed by atoms with van der Waals surface area (Å²) in [6, 6.07) is 8.84. The average Bonchev–Trinajstić information content (AvgIpc) is 3.13. The molecule has 1 aliphatic carbocycles. The highest BCUT2D eigenvalue weighted by Gasteiger charge is 2.22. The molecule has 2 aromatic heterocycles. The van der Waals surface area contributed by atoms with Crippen molar-refractivity contribution in [1.29, 1.82) is 0 Å². The molecule has 108 valence electrons. The molecule has 0 aliphatic heterocycles. The number of furan rings is 1. The Morgan fingerprint density at radius 3 is 2.95 bits per heavy atom. The van der Waals surface area contributed by atoms with Gasteiger partial charge in [-0.3, -0.25) is 4.68 Å². The zero-order valence-electron chi connectivity index (χ0n) is 11.6. The van der Waals surface area contributed by atoms with Crippen LogP contribution in [-0.4, -0.2) is 15.8 Å². The first-order valence-electron chi connectivity index (χ1n) is 7.20. The average molecular weight is 302 g/mol. The minimum absolute atomic E-state index is 0.600. The maximum absolute atomic E-state index is 6.02. The number of fused-ring (bicyclic) bond motifs is 1. The SMILES string of the molecule is Clc1cnn(Cc2oc3ccccc3c2CNC2CC2)c1. The fraction of sp³-hybridized carbons (Fsp3) is 0.312. The van der Waals surface area contributed by atoms with Crippen LogP contribution in [0.25, 0.3) is 11.0 Å². The van der Waals surface area contributed by atoms with E-state index < -0.39 is 0 Å². The van der Waals surface area contributed by atoms with E-state index in [9.17, 15) is 0 Å². The third-order valence-electron chi connectivity index (χ3n) is 3.83. The quantitative estimate of drug-likeness (QED) is 0.783. The highest BCUT2D eigenvalue weighted by molar-refractivity contribution is 6.30. The summed E-state index contributed by atoms with van der Waals surface area (Å²) in [7, 11) is 0. The monoisotopic (exact) mass is 301 g/mol. The lowest BCUT2D eigenvalue weighted by molar-refractivity contribution is 0.499. The summed E-state index contributed by atoms with van der Waals surface area (Å²) in [4.78, 5) is 0. The molecule has 0 amide bonds. The predicted octanol–water partition coefficient (Wildman–Crippen LogP) is 3.58. The zero-order valence-corrected chi connectivity index (χ0v) is 12.3. The van der Waals surface area contributed by atoms with E-state index >= 15 is 0 Å². The molecular formula is C16H16ClN3O. The van der Waals surface area contributed by atoms with E-state index in [0.29, 0.717) is 17.6 Å². The Morgan fingerprint density at radius 1 is 1.33 bits per heavy atom. The van der Waals surface area contributed by atoms with Crippen LogP contribution < -0.4 is 5.32 Å². The number of nitrogens with one attached hydrogen (secondary N) is 1. The fourth-order valence-electron chi connectivity index (χ4n) is 2.58. The second-order valence-corrected chi connectivity index (χ2v) is 5.95. The van der Waals surface area contributed by atoms with Crippen LogP contribution in [0.4, 0.5) is 0 Å². The summed E-state index contributed by atoms with van der Waals surface area (Å²) in [5.41, 5.74) is 2.16. The molecule has 2 heterocycles. The predicted molar refractivity (Wildman–Crippen MR) is 82.4 cm³/mol. The second kappa shape index (κ2) is 5.20. The van der Waals surface area contributed by atoms with E-state index in [2.05, 4.69) is 16.5 Å². The van der Waals surface area contributed by atoms with Crippen LogP contribution in [0.5, 0.6) is 0 Å². The van der Waals surface area contributed by atoms with Crippen molar-refractivity contribution in [3.63, 3.8) is 0 Å². The minimum atomic E-state index is 0.600.